The monoisotopic (exact) mass is 281 g/mol. The first-order chi connectivity index (χ1) is 10.3. The van der Waals surface area contributed by atoms with Gasteiger partial charge < -0.3 is 15.0 Å². The van der Waals surface area contributed by atoms with Crippen LogP contribution in [0.2, 0.25) is 0 Å². The number of aromatic nitrogens is 2. The van der Waals surface area contributed by atoms with Gasteiger partial charge >= 0.3 is 0 Å². The molecule has 2 aromatic carbocycles. The number of aryl methyl sites for hydroxylation is 1. The summed E-state index contributed by atoms with van der Waals surface area (Å²) in [6.45, 7) is 3.98. The number of para-hydroxylation sites is 2. The van der Waals surface area contributed by atoms with Gasteiger partial charge in [0, 0.05) is 6.54 Å². The highest BCUT2D eigenvalue weighted by Crippen LogP contribution is 2.16. The van der Waals surface area contributed by atoms with Crippen molar-refractivity contribution >= 4 is 11.0 Å². The normalized spacial score (nSPS) is 11.0. The number of nitrogens with two attached hydrogens (primary N) is 1. The molecule has 0 aliphatic rings. The Morgan fingerprint density at radius 3 is 2.62 bits per heavy atom. The summed E-state index contributed by atoms with van der Waals surface area (Å²) in [6.07, 6.45) is 0. The lowest BCUT2D eigenvalue weighted by atomic mass is 10.2. The third-order valence-electron chi connectivity index (χ3n) is 3.59. The van der Waals surface area contributed by atoms with E-state index in [1.165, 1.54) is 0 Å². The van der Waals surface area contributed by atoms with Gasteiger partial charge in [-0.25, -0.2) is 4.98 Å². The van der Waals surface area contributed by atoms with Gasteiger partial charge in [0.1, 0.15) is 18.2 Å². The van der Waals surface area contributed by atoms with Gasteiger partial charge in [-0.2, -0.15) is 0 Å². The molecule has 2 N–H and O–H groups in total. The summed E-state index contributed by atoms with van der Waals surface area (Å²) >= 11 is 0. The van der Waals surface area contributed by atoms with Gasteiger partial charge in [0.2, 0.25) is 0 Å². The molecule has 0 atom stereocenters. The second-order valence-electron chi connectivity index (χ2n) is 5.00. The van der Waals surface area contributed by atoms with E-state index in [-0.39, 0.29) is 0 Å². The summed E-state index contributed by atoms with van der Waals surface area (Å²) in [4.78, 5) is 4.55. The van der Waals surface area contributed by atoms with Crippen LogP contribution in [0.5, 0.6) is 5.75 Å². The first-order valence-electron chi connectivity index (χ1n) is 7.11. The van der Waals surface area contributed by atoms with Crippen LogP contribution in [-0.4, -0.2) is 16.2 Å². The smallest absolute Gasteiger partial charge is 0.119 e. The van der Waals surface area contributed by atoms with Gasteiger partial charge in [0.05, 0.1) is 17.6 Å². The van der Waals surface area contributed by atoms with Crippen LogP contribution < -0.4 is 10.5 Å². The molecular formula is C17H19N3O. The number of hydrogen-bond acceptors (Lipinski definition) is 3. The van der Waals surface area contributed by atoms with E-state index in [4.69, 9.17) is 10.5 Å². The molecule has 0 saturated carbocycles. The van der Waals surface area contributed by atoms with Crippen LogP contribution in [0.4, 0.5) is 0 Å². The van der Waals surface area contributed by atoms with Gasteiger partial charge in [-0.3, -0.25) is 0 Å². The SMILES string of the molecule is Cc1nc2ccccc2n1CCOc1ccc(CN)cc1. The number of nitrogens with zero attached hydrogens (tertiary/aromatic N) is 2. The van der Waals surface area contributed by atoms with E-state index in [0.29, 0.717) is 13.2 Å². The molecular weight excluding hydrogens is 262 g/mol. The third-order valence-corrected chi connectivity index (χ3v) is 3.59. The van der Waals surface area contributed by atoms with Crippen LogP contribution in [0, 0.1) is 6.92 Å². The van der Waals surface area contributed by atoms with Crippen molar-refractivity contribution < 1.29 is 4.74 Å². The van der Waals surface area contributed by atoms with Crippen molar-refractivity contribution in [3.63, 3.8) is 0 Å². The van der Waals surface area contributed by atoms with E-state index >= 15 is 0 Å². The quantitative estimate of drug-likeness (QED) is 0.782. The average Bonchev–Trinajstić information content (AvgIpc) is 2.84. The van der Waals surface area contributed by atoms with E-state index in [2.05, 4.69) is 15.6 Å². The van der Waals surface area contributed by atoms with E-state index in [1.807, 2.05) is 49.4 Å². The average molecular weight is 281 g/mol. The topological polar surface area (TPSA) is 53.1 Å². The van der Waals surface area contributed by atoms with Gasteiger partial charge in [-0.1, -0.05) is 24.3 Å². The Balaban J connectivity index is 1.67. The van der Waals surface area contributed by atoms with Crippen LogP contribution in [-0.2, 0) is 13.1 Å². The Bertz CT molecular complexity index is 731. The zero-order valence-electron chi connectivity index (χ0n) is 12.1. The maximum Gasteiger partial charge on any atom is 0.119 e. The highest BCUT2D eigenvalue weighted by molar-refractivity contribution is 5.75. The Hall–Kier alpha value is -2.33. The number of imidazole rings is 1. The molecule has 4 heteroatoms. The number of benzene rings is 2. The molecule has 1 heterocycles. The lowest BCUT2D eigenvalue weighted by Gasteiger charge is -2.09. The molecule has 21 heavy (non-hydrogen) atoms. The number of fused-ring (bicyclic) bond motifs is 1. The first kappa shape index (κ1) is 13.6. The molecule has 4 nitrogen and oxygen atoms in total. The third kappa shape index (κ3) is 2.90. The zero-order chi connectivity index (χ0) is 14.7. The molecule has 3 rings (SSSR count). The maximum atomic E-state index is 5.79. The lowest BCUT2D eigenvalue weighted by molar-refractivity contribution is 0.299. The molecule has 0 aliphatic heterocycles. The van der Waals surface area contributed by atoms with Crippen LogP contribution in [0.1, 0.15) is 11.4 Å². The highest BCUT2D eigenvalue weighted by Gasteiger charge is 2.06. The molecule has 0 radical (unpaired) electrons. The molecule has 0 fully saturated rings. The minimum absolute atomic E-state index is 0.556. The molecule has 0 aliphatic carbocycles. The number of rotatable bonds is 5. The predicted octanol–water partition coefficient (Wildman–Crippen LogP) is 2.88. The van der Waals surface area contributed by atoms with Gasteiger partial charge in [-0.15, -0.1) is 0 Å². The van der Waals surface area contributed by atoms with Gasteiger partial charge in [0.15, 0.2) is 0 Å². The van der Waals surface area contributed by atoms with Gasteiger partial charge in [0.25, 0.3) is 0 Å². The van der Waals surface area contributed by atoms with Crippen molar-refractivity contribution in [2.24, 2.45) is 5.73 Å². The Morgan fingerprint density at radius 2 is 1.86 bits per heavy atom. The Morgan fingerprint density at radius 1 is 1.10 bits per heavy atom. The first-order valence-corrected chi connectivity index (χ1v) is 7.11. The molecule has 3 aromatic rings. The summed E-state index contributed by atoms with van der Waals surface area (Å²) in [5.41, 5.74) is 8.87. The Kier molecular flexibility index (Phi) is 3.88. The summed E-state index contributed by atoms with van der Waals surface area (Å²) in [7, 11) is 0. The minimum Gasteiger partial charge on any atom is -0.492 e. The molecule has 0 amide bonds. The predicted molar refractivity (Wildman–Crippen MR) is 84.3 cm³/mol. The van der Waals surface area contributed by atoms with Crippen molar-refractivity contribution in [2.45, 2.75) is 20.0 Å². The maximum absolute atomic E-state index is 5.79. The van der Waals surface area contributed by atoms with E-state index in [0.717, 1.165) is 34.7 Å². The van der Waals surface area contributed by atoms with Crippen molar-refractivity contribution in [3.8, 4) is 5.75 Å². The molecule has 0 bridgehead atoms. The van der Waals surface area contributed by atoms with Crippen LogP contribution in [0.3, 0.4) is 0 Å². The molecule has 1 aromatic heterocycles. The molecule has 0 saturated heterocycles. The van der Waals surface area contributed by atoms with Crippen molar-refractivity contribution in [3.05, 3.63) is 59.9 Å². The van der Waals surface area contributed by atoms with Crippen molar-refractivity contribution in [2.75, 3.05) is 6.61 Å². The van der Waals surface area contributed by atoms with Gasteiger partial charge in [-0.05, 0) is 36.8 Å². The molecule has 108 valence electrons. The minimum atomic E-state index is 0.556. The van der Waals surface area contributed by atoms with E-state index in [1.54, 1.807) is 0 Å². The second-order valence-corrected chi connectivity index (χ2v) is 5.00. The van der Waals surface area contributed by atoms with Crippen molar-refractivity contribution in [1.29, 1.82) is 0 Å². The van der Waals surface area contributed by atoms with Crippen LogP contribution in [0.15, 0.2) is 48.5 Å². The Labute approximate surface area is 124 Å². The standard InChI is InChI=1S/C17H19N3O/c1-13-19-16-4-2-3-5-17(16)20(13)10-11-21-15-8-6-14(12-18)7-9-15/h2-9H,10-12,18H2,1H3. The van der Waals surface area contributed by atoms with E-state index in [9.17, 15) is 0 Å². The molecule has 0 spiro atoms. The lowest BCUT2D eigenvalue weighted by Crippen LogP contribution is -2.09. The fraction of sp³-hybridized carbons (Fsp3) is 0.235. The fourth-order valence-electron chi connectivity index (χ4n) is 2.45. The largest absolute Gasteiger partial charge is 0.492 e. The summed E-state index contributed by atoms with van der Waals surface area (Å²) in [6, 6.07) is 16.1. The summed E-state index contributed by atoms with van der Waals surface area (Å²) < 4.78 is 7.98. The van der Waals surface area contributed by atoms with Crippen LogP contribution >= 0.6 is 0 Å². The second kappa shape index (κ2) is 5.97. The molecule has 0 unspecified atom stereocenters. The van der Waals surface area contributed by atoms with E-state index < -0.39 is 0 Å². The van der Waals surface area contributed by atoms with Crippen molar-refractivity contribution in [1.82, 2.24) is 9.55 Å². The summed E-state index contributed by atoms with van der Waals surface area (Å²) in [5, 5.41) is 0. The summed E-state index contributed by atoms with van der Waals surface area (Å²) in [5.74, 6) is 1.88. The number of ether oxygens (including phenoxy) is 1. The number of hydrogen-bond donors (Lipinski definition) is 1. The van der Waals surface area contributed by atoms with Crippen LogP contribution in [0.25, 0.3) is 11.0 Å². The highest BCUT2D eigenvalue weighted by atomic mass is 16.5. The zero-order valence-corrected chi connectivity index (χ0v) is 12.1. The fourth-order valence-corrected chi connectivity index (χ4v) is 2.45.